The van der Waals surface area contributed by atoms with Gasteiger partial charge in [0.1, 0.15) is 11.8 Å². The van der Waals surface area contributed by atoms with Crippen LogP contribution in [0.25, 0.3) is 0 Å². The Morgan fingerprint density at radius 2 is 1.96 bits per heavy atom. The second kappa shape index (κ2) is 9.36. The van der Waals surface area contributed by atoms with Gasteiger partial charge in [-0.15, -0.1) is 0 Å². The summed E-state index contributed by atoms with van der Waals surface area (Å²) in [6, 6.07) is 11.4. The monoisotopic (exact) mass is 402 g/mol. The smallest absolute Gasteiger partial charge is 0.255 e. The average molecular weight is 402 g/mol. The van der Waals surface area contributed by atoms with Crippen LogP contribution in [0.15, 0.2) is 42.5 Å². The van der Waals surface area contributed by atoms with E-state index < -0.39 is 6.04 Å². The van der Waals surface area contributed by atoms with Crippen LogP contribution in [0.4, 0.5) is 5.69 Å². The molecule has 28 heavy (non-hydrogen) atoms. The van der Waals surface area contributed by atoms with Crippen LogP contribution < -0.4 is 24.8 Å². The van der Waals surface area contributed by atoms with E-state index >= 15 is 0 Å². The normalized spacial score (nSPS) is 12.9. The quantitative estimate of drug-likeness (QED) is 0.706. The van der Waals surface area contributed by atoms with E-state index in [1.165, 1.54) is 7.11 Å². The van der Waals surface area contributed by atoms with E-state index in [-0.39, 0.29) is 18.6 Å². The summed E-state index contributed by atoms with van der Waals surface area (Å²) >= 11 is 1.61. The molecule has 2 N–H and O–H groups in total. The Kier molecular flexibility index (Phi) is 6.65. The van der Waals surface area contributed by atoms with Gasteiger partial charge >= 0.3 is 0 Å². The Hall–Kier alpha value is -2.87. The van der Waals surface area contributed by atoms with Crippen LogP contribution in [-0.4, -0.2) is 43.8 Å². The minimum absolute atomic E-state index is 0.165. The summed E-state index contributed by atoms with van der Waals surface area (Å²) in [5.74, 6) is 1.75. The van der Waals surface area contributed by atoms with Crippen LogP contribution in [0.2, 0.25) is 0 Å². The van der Waals surface area contributed by atoms with Gasteiger partial charge in [-0.1, -0.05) is 12.1 Å². The zero-order valence-corrected chi connectivity index (χ0v) is 16.5. The van der Waals surface area contributed by atoms with Crippen molar-refractivity contribution in [2.45, 2.75) is 12.5 Å². The second-order valence-electron chi connectivity index (χ2n) is 6.07. The number of hydrogen-bond acceptors (Lipinski definition) is 6. The average Bonchev–Trinajstić information content (AvgIpc) is 3.18. The number of carbonyl (C=O) groups excluding carboxylic acids is 2. The molecule has 0 bridgehead atoms. The highest BCUT2D eigenvalue weighted by atomic mass is 32.2. The number of carbonyl (C=O) groups is 2. The first-order valence-electron chi connectivity index (χ1n) is 8.75. The van der Waals surface area contributed by atoms with Gasteiger partial charge in [0.15, 0.2) is 11.5 Å². The Labute approximate surface area is 167 Å². The van der Waals surface area contributed by atoms with E-state index in [4.69, 9.17) is 14.2 Å². The number of fused-ring (bicyclic) bond motifs is 1. The van der Waals surface area contributed by atoms with Crippen molar-refractivity contribution in [1.29, 1.82) is 0 Å². The number of hydrogen-bond donors (Lipinski definition) is 2. The zero-order valence-electron chi connectivity index (χ0n) is 15.7. The maximum atomic E-state index is 12.8. The topological polar surface area (TPSA) is 85.9 Å². The molecule has 148 valence electrons. The number of amides is 2. The van der Waals surface area contributed by atoms with E-state index in [1.54, 1.807) is 54.2 Å². The molecule has 0 spiro atoms. The Morgan fingerprint density at radius 1 is 1.18 bits per heavy atom. The number of benzene rings is 2. The number of ether oxygens (including phenoxy) is 3. The van der Waals surface area contributed by atoms with Gasteiger partial charge in [-0.25, -0.2) is 0 Å². The van der Waals surface area contributed by atoms with Gasteiger partial charge < -0.3 is 24.8 Å². The van der Waals surface area contributed by atoms with E-state index in [9.17, 15) is 9.59 Å². The standard InChI is InChI=1S/C20H22N2O5S/c1-25-16-6-4-3-5-14(16)19(23)22-15(9-10-28-2)20(24)21-13-7-8-17-18(11-13)27-12-26-17/h3-8,11,15H,9-10,12H2,1-2H3,(H,21,24)(H,22,23)/t15-/m1/s1. The Bertz CT molecular complexity index is 858. The molecule has 0 unspecified atom stereocenters. The molecule has 0 fully saturated rings. The van der Waals surface area contributed by atoms with Gasteiger partial charge in [-0.3, -0.25) is 9.59 Å². The van der Waals surface area contributed by atoms with Gasteiger partial charge in [0.2, 0.25) is 12.7 Å². The maximum Gasteiger partial charge on any atom is 0.255 e. The first kappa shape index (κ1) is 19.9. The van der Waals surface area contributed by atoms with Crippen LogP contribution in [0, 0.1) is 0 Å². The van der Waals surface area contributed by atoms with Crippen molar-refractivity contribution in [3.63, 3.8) is 0 Å². The molecule has 0 saturated heterocycles. The van der Waals surface area contributed by atoms with Crippen molar-refractivity contribution < 1.29 is 23.8 Å². The second-order valence-corrected chi connectivity index (χ2v) is 7.05. The third-order valence-electron chi connectivity index (χ3n) is 4.22. The molecule has 0 aromatic heterocycles. The predicted octanol–water partition coefficient (Wildman–Crippen LogP) is 2.91. The third-order valence-corrected chi connectivity index (χ3v) is 4.87. The molecule has 1 aliphatic rings. The molecular weight excluding hydrogens is 380 g/mol. The minimum Gasteiger partial charge on any atom is -0.496 e. The number of rotatable bonds is 8. The van der Waals surface area contributed by atoms with Crippen LogP contribution in [0.3, 0.4) is 0 Å². The molecule has 1 heterocycles. The summed E-state index contributed by atoms with van der Waals surface area (Å²) in [5.41, 5.74) is 0.963. The molecule has 7 nitrogen and oxygen atoms in total. The van der Waals surface area contributed by atoms with Crippen molar-refractivity contribution >= 4 is 29.3 Å². The number of anilines is 1. The molecule has 0 radical (unpaired) electrons. The van der Waals surface area contributed by atoms with E-state index in [0.717, 1.165) is 5.75 Å². The highest BCUT2D eigenvalue weighted by molar-refractivity contribution is 7.98. The number of para-hydroxylation sites is 1. The molecule has 8 heteroatoms. The molecule has 2 amide bonds. The van der Waals surface area contributed by atoms with Crippen molar-refractivity contribution in [1.82, 2.24) is 5.32 Å². The van der Waals surface area contributed by atoms with Crippen LogP contribution in [0.1, 0.15) is 16.8 Å². The summed E-state index contributed by atoms with van der Waals surface area (Å²) in [4.78, 5) is 25.5. The van der Waals surface area contributed by atoms with Crippen LogP contribution in [-0.2, 0) is 4.79 Å². The van der Waals surface area contributed by atoms with Crippen molar-refractivity contribution in [3.8, 4) is 17.2 Å². The highest BCUT2D eigenvalue weighted by Gasteiger charge is 2.23. The van der Waals surface area contributed by atoms with Crippen molar-refractivity contribution in [3.05, 3.63) is 48.0 Å². The zero-order chi connectivity index (χ0) is 19.9. The van der Waals surface area contributed by atoms with Gasteiger partial charge in [-0.05, 0) is 42.7 Å². The fourth-order valence-electron chi connectivity index (χ4n) is 2.78. The maximum absolute atomic E-state index is 12.8. The summed E-state index contributed by atoms with van der Waals surface area (Å²) in [5, 5.41) is 5.65. The SMILES string of the molecule is COc1ccccc1C(=O)N[C@H](CCSC)C(=O)Nc1ccc2c(c1)OCO2. The third kappa shape index (κ3) is 4.69. The Morgan fingerprint density at radius 3 is 2.75 bits per heavy atom. The van der Waals surface area contributed by atoms with E-state index in [0.29, 0.717) is 34.9 Å². The summed E-state index contributed by atoms with van der Waals surface area (Å²) in [6.07, 6.45) is 2.45. The van der Waals surface area contributed by atoms with Crippen LogP contribution in [0.5, 0.6) is 17.2 Å². The lowest BCUT2D eigenvalue weighted by molar-refractivity contribution is -0.118. The molecule has 2 aromatic rings. The highest BCUT2D eigenvalue weighted by Crippen LogP contribution is 2.34. The predicted molar refractivity (Wildman–Crippen MR) is 108 cm³/mol. The Balaban J connectivity index is 1.71. The summed E-state index contributed by atoms with van der Waals surface area (Å²) < 4.78 is 15.8. The lowest BCUT2D eigenvalue weighted by atomic mass is 10.1. The molecule has 0 aliphatic carbocycles. The number of methoxy groups -OCH3 is 1. The number of thioether (sulfide) groups is 1. The minimum atomic E-state index is -0.685. The van der Waals surface area contributed by atoms with Gasteiger partial charge in [-0.2, -0.15) is 11.8 Å². The van der Waals surface area contributed by atoms with E-state index in [2.05, 4.69) is 10.6 Å². The van der Waals surface area contributed by atoms with Crippen molar-refractivity contribution in [2.75, 3.05) is 31.2 Å². The van der Waals surface area contributed by atoms with Gasteiger partial charge in [0.05, 0.1) is 12.7 Å². The molecule has 1 aliphatic heterocycles. The molecule has 0 saturated carbocycles. The molecular formula is C20H22N2O5S. The lowest BCUT2D eigenvalue weighted by Gasteiger charge is -2.19. The summed E-state index contributed by atoms with van der Waals surface area (Å²) in [6.45, 7) is 0.165. The summed E-state index contributed by atoms with van der Waals surface area (Å²) in [7, 11) is 1.50. The largest absolute Gasteiger partial charge is 0.496 e. The fourth-order valence-corrected chi connectivity index (χ4v) is 3.25. The first-order chi connectivity index (χ1) is 13.6. The van der Waals surface area contributed by atoms with E-state index in [1.807, 2.05) is 6.26 Å². The van der Waals surface area contributed by atoms with Crippen LogP contribution >= 0.6 is 11.8 Å². The first-order valence-corrected chi connectivity index (χ1v) is 10.1. The lowest BCUT2D eigenvalue weighted by Crippen LogP contribution is -2.44. The van der Waals surface area contributed by atoms with Gasteiger partial charge in [0, 0.05) is 11.8 Å². The molecule has 1 atom stereocenters. The molecule has 3 rings (SSSR count). The molecule has 2 aromatic carbocycles. The van der Waals surface area contributed by atoms with Crippen molar-refractivity contribution in [2.24, 2.45) is 0 Å². The van der Waals surface area contributed by atoms with Gasteiger partial charge in [0.25, 0.3) is 5.91 Å². The number of nitrogens with one attached hydrogen (secondary N) is 2. The fraction of sp³-hybridized carbons (Fsp3) is 0.300.